The van der Waals surface area contributed by atoms with Crippen molar-refractivity contribution in [3.63, 3.8) is 0 Å². The van der Waals surface area contributed by atoms with Gasteiger partial charge in [0.25, 0.3) is 5.91 Å². The van der Waals surface area contributed by atoms with Crippen LogP contribution in [0.5, 0.6) is 0 Å². The van der Waals surface area contributed by atoms with Crippen molar-refractivity contribution < 1.29 is 28.8 Å². The number of nitrogens with one attached hydrogen (secondary N) is 4. The maximum atomic E-state index is 14.2. The minimum Gasteiger partial charge on any atom is -0.347 e. The van der Waals surface area contributed by atoms with Crippen LogP contribution in [0.2, 0.25) is 0 Å². The first kappa shape index (κ1) is 40.6. The smallest absolute Gasteiger partial charge is 0.290 e. The average molecular weight is 697 g/mol. The maximum Gasteiger partial charge on any atom is 0.290 e. The Kier molecular flexibility index (Phi) is 13.0. The van der Waals surface area contributed by atoms with Crippen molar-refractivity contribution in [3.05, 3.63) is 35.9 Å². The topological polar surface area (TPSA) is 157 Å². The SMILES string of the molecule is CCCC(NC(=O)[C@@H]1C2C(CN1C(=O)C(NCCC(C)(C)C)C(C)(C)C)C2(C)C)C(=O)C(=O)NCC(=O)NC(C(=O)N(C)C)c1ccccc1. The number of carbonyl (C=O) groups is 6. The highest BCUT2D eigenvalue weighted by Gasteiger charge is 2.69. The Morgan fingerprint density at radius 3 is 2.12 bits per heavy atom. The second-order valence-corrected chi connectivity index (χ2v) is 17.0. The number of fused-ring (bicyclic) bond motifs is 1. The van der Waals surface area contributed by atoms with E-state index in [4.69, 9.17) is 0 Å². The van der Waals surface area contributed by atoms with Crippen LogP contribution in [0, 0.1) is 28.1 Å². The third kappa shape index (κ3) is 9.92. The van der Waals surface area contributed by atoms with Gasteiger partial charge in [-0.05, 0) is 53.0 Å². The Morgan fingerprint density at radius 2 is 1.58 bits per heavy atom. The molecule has 1 aromatic rings. The number of amides is 5. The van der Waals surface area contributed by atoms with E-state index in [2.05, 4.69) is 55.9 Å². The lowest BCUT2D eigenvalue weighted by Crippen LogP contribution is -2.60. The molecule has 1 aliphatic carbocycles. The summed E-state index contributed by atoms with van der Waals surface area (Å²) in [4.78, 5) is 83.3. The Balaban J connectivity index is 1.71. The van der Waals surface area contributed by atoms with E-state index in [0.29, 0.717) is 25.1 Å². The molecule has 1 aromatic carbocycles. The van der Waals surface area contributed by atoms with Crippen LogP contribution in [0.15, 0.2) is 30.3 Å². The van der Waals surface area contributed by atoms with Gasteiger partial charge in [0.05, 0.1) is 18.6 Å². The van der Waals surface area contributed by atoms with Crippen molar-refractivity contribution in [2.24, 2.45) is 28.1 Å². The Hall–Kier alpha value is -3.80. The molecule has 1 saturated heterocycles. The van der Waals surface area contributed by atoms with Crippen molar-refractivity contribution in [1.82, 2.24) is 31.1 Å². The van der Waals surface area contributed by atoms with Crippen LogP contribution in [0.25, 0.3) is 0 Å². The fourth-order valence-electron chi connectivity index (χ4n) is 6.96. The Labute approximate surface area is 298 Å². The quantitative estimate of drug-likeness (QED) is 0.206. The molecule has 2 fully saturated rings. The zero-order valence-corrected chi connectivity index (χ0v) is 31.9. The van der Waals surface area contributed by atoms with Crippen LogP contribution in [0.4, 0.5) is 0 Å². The van der Waals surface area contributed by atoms with Crippen molar-refractivity contribution >= 4 is 35.3 Å². The third-order valence-electron chi connectivity index (χ3n) is 10.1. The molecule has 1 saturated carbocycles. The molecule has 278 valence electrons. The van der Waals surface area contributed by atoms with Gasteiger partial charge in [-0.2, -0.15) is 0 Å². The second-order valence-electron chi connectivity index (χ2n) is 17.0. The molecule has 0 radical (unpaired) electrons. The van der Waals surface area contributed by atoms with E-state index in [1.165, 1.54) is 4.90 Å². The highest BCUT2D eigenvalue weighted by molar-refractivity contribution is 6.38. The molecule has 4 N–H and O–H groups in total. The van der Waals surface area contributed by atoms with Gasteiger partial charge >= 0.3 is 0 Å². The van der Waals surface area contributed by atoms with Crippen molar-refractivity contribution in [2.75, 3.05) is 33.7 Å². The molecule has 5 amide bonds. The summed E-state index contributed by atoms with van der Waals surface area (Å²) in [7, 11) is 3.15. The number of rotatable bonds is 15. The molecule has 0 bridgehead atoms. The van der Waals surface area contributed by atoms with E-state index in [-0.39, 0.29) is 40.9 Å². The molecule has 2 aliphatic rings. The van der Waals surface area contributed by atoms with Crippen molar-refractivity contribution in [3.8, 4) is 0 Å². The number of hydrogen-bond acceptors (Lipinski definition) is 7. The van der Waals surface area contributed by atoms with Crippen molar-refractivity contribution in [1.29, 1.82) is 0 Å². The fraction of sp³-hybridized carbons (Fsp3) is 0.684. The largest absolute Gasteiger partial charge is 0.347 e. The minimum absolute atomic E-state index is 0.0704. The number of likely N-dealkylation sites (tertiary alicyclic amines) is 1. The lowest BCUT2D eigenvalue weighted by molar-refractivity contribution is -0.145. The first-order valence-corrected chi connectivity index (χ1v) is 17.8. The van der Waals surface area contributed by atoms with Gasteiger partial charge in [-0.25, -0.2) is 0 Å². The Morgan fingerprint density at radius 1 is 0.960 bits per heavy atom. The van der Waals surface area contributed by atoms with E-state index in [1.54, 1.807) is 49.3 Å². The second kappa shape index (κ2) is 16.0. The Bertz CT molecular complexity index is 1410. The average Bonchev–Trinajstić information content (AvgIpc) is 3.33. The first-order valence-electron chi connectivity index (χ1n) is 17.8. The third-order valence-corrected chi connectivity index (χ3v) is 10.1. The summed E-state index contributed by atoms with van der Waals surface area (Å²) in [5.74, 6) is -3.42. The van der Waals surface area contributed by atoms with Crippen LogP contribution in [0.1, 0.15) is 93.2 Å². The molecule has 12 heteroatoms. The van der Waals surface area contributed by atoms with E-state index < -0.39 is 59.6 Å². The first-order chi connectivity index (χ1) is 23.1. The maximum absolute atomic E-state index is 14.2. The number of piperidine rings is 1. The molecule has 50 heavy (non-hydrogen) atoms. The number of Topliss-reactive ketones (excluding diaryl/α,β-unsaturated/α-hetero) is 1. The zero-order valence-electron chi connectivity index (χ0n) is 31.9. The lowest BCUT2D eigenvalue weighted by atomic mass is 9.84. The molecule has 0 spiro atoms. The molecule has 5 unspecified atom stereocenters. The van der Waals surface area contributed by atoms with Gasteiger partial charge in [-0.15, -0.1) is 0 Å². The number of nitrogens with zero attached hydrogens (tertiary/aromatic N) is 2. The summed E-state index contributed by atoms with van der Waals surface area (Å²) in [6, 6.07) is 5.31. The van der Waals surface area contributed by atoms with Gasteiger partial charge in [0.1, 0.15) is 12.1 Å². The van der Waals surface area contributed by atoms with Crippen LogP contribution in [-0.2, 0) is 28.8 Å². The molecule has 1 heterocycles. The summed E-state index contributed by atoms with van der Waals surface area (Å²) in [6.45, 7) is 19.1. The van der Waals surface area contributed by atoms with E-state index in [1.807, 2.05) is 27.7 Å². The molecule has 1 aliphatic heterocycles. The highest BCUT2D eigenvalue weighted by atomic mass is 16.2. The highest BCUT2D eigenvalue weighted by Crippen LogP contribution is 2.65. The standard InChI is InChI=1S/C38H60N6O6/c1-12-16-25(30(46)33(48)40-21-26(45)42-28(34(49)43(10)11)23-17-14-13-15-18-23)41-32(47)29-27-24(38(27,8)9)22-44(29)35(50)31(37(5,6)7)39-20-19-36(2,3)4/h13-15,17-18,24-25,27-29,31,39H,12,16,19-22H2,1-11H3,(H,40,48)(H,41,47)(H,42,45)/t24?,25?,27?,28?,29-,31?/m0/s1. The molecular weight excluding hydrogens is 636 g/mol. The lowest BCUT2D eigenvalue weighted by Gasteiger charge is -2.38. The summed E-state index contributed by atoms with van der Waals surface area (Å²) in [5.41, 5.74) is 0.107. The van der Waals surface area contributed by atoms with Gasteiger partial charge in [-0.1, -0.05) is 99.1 Å². The van der Waals surface area contributed by atoms with E-state index in [0.717, 1.165) is 6.42 Å². The predicted octanol–water partition coefficient (Wildman–Crippen LogP) is 2.83. The van der Waals surface area contributed by atoms with Gasteiger partial charge in [-0.3, -0.25) is 28.8 Å². The summed E-state index contributed by atoms with van der Waals surface area (Å²) >= 11 is 0. The summed E-state index contributed by atoms with van der Waals surface area (Å²) in [5, 5.41) is 11.3. The minimum atomic E-state index is -1.14. The van der Waals surface area contributed by atoms with Crippen molar-refractivity contribution in [2.45, 2.75) is 106 Å². The molecule has 6 atom stereocenters. The number of carbonyl (C=O) groups excluding carboxylic acids is 6. The van der Waals surface area contributed by atoms with Crippen LogP contribution >= 0.6 is 0 Å². The number of likely N-dealkylation sites (N-methyl/N-ethyl adjacent to an activating group) is 1. The monoisotopic (exact) mass is 696 g/mol. The number of benzene rings is 1. The van der Waals surface area contributed by atoms with Gasteiger partial charge in [0.2, 0.25) is 29.4 Å². The van der Waals surface area contributed by atoms with Crippen LogP contribution < -0.4 is 21.3 Å². The normalized spacial score (nSPS) is 21.3. The van der Waals surface area contributed by atoms with Gasteiger partial charge in [0, 0.05) is 20.6 Å². The summed E-state index contributed by atoms with van der Waals surface area (Å²) < 4.78 is 0. The molecule has 3 rings (SSSR count). The van der Waals surface area contributed by atoms with Gasteiger partial charge < -0.3 is 31.1 Å². The molecular formula is C38H60N6O6. The number of ketones is 1. The van der Waals surface area contributed by atoms with Crippen LogP contribution in [0.3, 0.4) is 0 Å². The fourth-order valence-corrected chi connectivity index (χ4v) is 6.96. The molecule has 12 nitrogen and oxygen atoms in total. The molecule has 0 aromatic heterocycles. The van der Waals surface area contributed by atoms with E-state index >= 15 is 0 Å². The van der Waals surface area contributed by atoms with Crippen LogP contribution in [-0.4, -0.2) is 97.0 Å². The number of hydrogen-bond donors (Lipinski definition) is 4. The summed E-state index contributed by atoms with van der Waals surface area (Å²) in [6.07, 6.45) is 1.58. The zero-order chi connectivity index (χ0) is 37.8. The van der Waals surface area contributed by atoms with Gasteiger partial charge in [0.15, 0.2) is 0 Å². The predicted molar refractivity (Wildman–Crippen MR) is 192 cm³/mol. The van der Waals surface area contributed by atoms with E-state index in [9.17, 15) is 28.8 Å².